The molecule has 1 aliphatic heterocycles. The minimum Gasteiger partial charge on any atom is -0.326 e. The first-order chi connectivity index (χ1) is 9.22. The third-order valence-electron chi connectivity index (χ3n) is 3.44. The van der Waals surface area contributed by atoms with Gasteiger partial charge in [-0.05, 0) is 31.0 Å². The Bertz CT molecular complexity index is 599. The maximum Gasteiger partial charge on any atom is 0.321 e. The summed E-state index contributed by atoms with van der Waals surface area (Å²) in [5, 5.41) is 10.7. The molecule has 0 spiro atoms. The van der Waals surface area contributed by atoms with Gasteiger partial charge >= 0.3 is 6.03 Å². The van der Waals surface area contributed by atoms with E-state index in [1.54, 1.807) is 11.1 Å². The van der Waals surface area contributed by atoms with Gasteiger partial charge in [-0.3, -0.25) is 5.10 Å². The fraction of sp³-hybridized carbons (Fsp3) is 0.385. The molecule has 1 aliphatic rings. The molecule has 1 unspecified atom stereocenters. The van der Waals surface area contributed by atoms with Crippen molar-refractivity contribution in [3.05, 3.63) is 24.4 Å². The first kappa shape index (κ1) is 14.6. The molecule has 1 fully saturated rings. The number of H-pyrrole nitrogens is 1. The number of urea groups is 1. The quantitative estimate of drug-likeness (QED) is 0.751. The van der Waals surface area contributed by atoms with Gasteiger partial charge in [-0.15, -0.1) is 12.4 Å². The van der Waals surface area contributed by atoms with Crippen LogP contribution in [0.4, 0.5) is 10.5 Å². The van der Waals surface area contributed by atoms with Crippen LogP contribution in [0.25, 0.3) is 10.9 Å². The largest absolute Gasteiger partial charge is 0.326 e. The number of likely N-dealkylation sites (tertiary alicyclic amines) is 1. The summed E-state index contributed by atoms with van der Waals surface area (Å²) in [6.07, 6.45) is 3.70. The van der Waals surface area contributed by atoms with Gasteiger partial charge in [0.05, 0.1) is 11.7 Å². The summed E-state index contributed by atoms with van der Waals surface area (Å²) in [5.74, 6) is 0. The molecule has 3 rings (SSSR count). The number of amides is 2. The zero-order valence-corrected chi connectivity index (χ0v) is 11.8. The van der Waals surface area contributed by atoms with Crippen molar-refractivity contribution in [3.8, 4) is 0 Å². The Hall–Kier alpha value is -1.79. The number of benzene rings is 1. The van der Waals surface area contributed by atoms with Crippen molar-refractivity contribution < 1.29 is 4.79 Å². The van der Waals surface area contributed by atoms with Crippen molar-refractivity contribution in [2.24, 2.45) is 5.73 Å². The van der Waals surface area contributed by atoms with E-state index in [-0.39, 0.29) is 24.5 Å². The summed E-state index contributed by atoms with van der Waals surface area (Å²) in [7, 11) is 0. The molecule has 0 saturated carbocycles. The Morgan fingerprint density at radius 2 is 2.35 bits per heavy atom. The molecular formula is C13H18ClN5O. The molecule has 1 aromatic carbocycles. The lowest BCUT2D eigenvalue weighted by atomic mass is 10.1. The van der Waals surface area contributed by atoms with Crippen molar-refractivity contribution >= 4 is 35.0 Å². The van der Waals surface area contributed by atoms with Crippen LogP contribution in [0.3, 0.4) is 0 Å². The molecule has 2 heterocycles. The van der Waals surface area contributed by atoms with Crippen LogP contribution in [-0.4, -0.2) is 40.3 Å². The normalized spacial score (nSPS) is 18.6. The van der Waals surface area contributed by atoms with E-state index in [2.05, 4.69) is 15.5 Å². The number of rotatable bonds is 1. The number of aromatic nitrogens is 2. The SMILES string of the molecule is Cl.NC1CCCN(C(=O)Nc2ccc3[nH]ncc3c2)C1. The maximum absolute atomic E-state index is 12.1. The van der Waals surface area contributed by atoms with Gasteiger partial charge < -0.3 is 16.0 Å². The highest BCUT2D eigenvalue weighted by Crippen LogP contribution is 2.18. The lowest BCUT2D eigenvalue weighted by Crippen LogP contribution is -2.47. The number of nitrogens with two attached hydrogens (primary N) is 1. The molecule has 0 aliphatic carbocycles. The van der Waals surface area contributed by atoms with Gasteiger partial charge in [0.15, 0.2) is 0 Å². The summed E-state index contributed by atoms with van der Waals surface area (Å²) < 4.78 is 0. The predicted octanol–water partition coefficient (Wildman–Crippen LogP) is 1.94. The van der Waals surface area contributed by atoms with Gasteiger partial charge in [0, 0.05) is 30.2 Å². The Labute approximate surface area is 123 Å². The van der Waals surface area contributed by atoms with Gasteiger partial charge in [-0.25, -0.2) is 4.79 Å². The van der Waals surface area contributed by atoms with Gasteiger partial charge in [0.2, 0.25) is 0 Å². The summed E-state index contributed by atoms with van der Waals surface area (Å²) in [4.78, 5) is 13.9. The number of anilines is 1. The fourth-order valence-electron chi connectivity index (χ4n) is 2.42. The maximum atomic E-state index is 12.1. The summed E-state index contributed by atoms with van der Waals surface area (Å²) in [6.45, 7) is 1.40. The van der Waals surface area contributed by atoms with Crippen molar-refractivity contribution in [1.82, 2.24) is 15.1 Å². The number of hydrogen-bond donors (Lipinski definition) is 3. The van der Waals surface area contributed by atoms with Crippen LogP contribution in [0.1, 0.15) is 12.8 Å². The third-order valence-corrected chi connectivity index (χ3v) is 3.44. The van der Waals surface area contributed by atoms with E-state index in [1.165, 1.54) is 0 Å². The minimum atomic E-state index is -0.0852. The highest BCUT2D eigenvalue weighted by Gasteiger charge is 2.21. The number of fused-ring (bicyclic) bond motifs is 1. The molecule has 7 heteroatoms. The van der Waals surface area contributed by atoms with E-state index >= 15 is 0 Å². The first-order valence-corrected chi connectivity index (χ1v) is 6.47. The van der Waals surface area contributed by atoms with Gasteiger partial charge in [-0.1, -0.05) is 0 Å². The Kier molecular flexibility index (Phi) is 4.46. The molecule has 1 saturated heterocycles. The second-order valence-corrected chi connectivity index (χ2v) is 4.95. The highest BCUT2D eigenvalue weighted by atomic mass is 35.5. The van der Waals surface area contributed by atoms with E-state index in [9.17, 15) is 4.79 Å². The zero-order valence-electron chi connectivity index (χ0n) is 11.0. The van der Waals surface area contributed by atoms with Crippen molar-refractivity contribution in [2.45, 2.75) is 18.9 Å². The van der Waals surface area contributed by atoms with Crippen LogP contribution in [-0.2, 0) is 0 Å². The Morgan fingerprint density at radius 3 is 3.15 bits per heavy atom. The number of piperidine rings is 1. The number of aromatic amines is 1. The number of carbonyl (C=O) groups excluding carboxylic acids is 1. The minimum absolute atomic E-state index is 0. The monoisotopic (exact) mass is 295 g/mol. The molecule has 2 aromatic rings. The van der Waals surface area contributed by atoms with Gasteiger partial charge in [-0.2, -0.15) is 5.10 Å². The number of halogens is 1. The average Bonchev–Trinajstić information content (AvgIpc) is 2.86. The highest BCUT2D eigenvalue weighted by molar-refractivity contribution is 5.92. The van der Waals surface area contributed by atoms with E-state index in [0.717, 1.165) is 36.0 Å². The van der Waals surface area contributed by atoms with Crippen LogP contribution in [0.15, 0.2) is 24.4 Å². The average molecular weight is 296 g/mol. The van der Waals surface area contributed by atoms with Crippen molar-refractivity contribution in [2.75, 3.05) is 18.4 Å². The molecule has 1 atom stereocenters. The summed E-state index contributed by atoms with van der Waals surface area (Å²) in [6, 6.07) is 5.68. The zero-order chi connectivity index (χ0) is 13.2. The van der Waals surface area contributed by atoms with E-state index < -0.39 is 0 Å². The molecular weight excluding hydrogens is 278 g/mol. The van der Waals surface area contributed by atoms with Crippen LogP contribution in [0.2, 0.25) is 0 Å². The standard InChI is InChI=1S/C13H17N5O.ClH/c14-10-2-1-5-18(8-10)13(19)16-11-3-4-12-9(6-11)7-15-17-12;/h3-4,6-7,10H,1-2,5,8,14H2,(H,15,17)(H,16,19);1H. The molecule has 6 nitrogen and oxygen atoms in total. The van der Waals surface area contributed by atoms with Crippen LogP contribution in [0, 0.1) is 0 Å². The topological polar surface area (TPSA) is 87.0 Å². The van der Waals surface area contributed by atoms with Crippen molar-refractivity contribution in [1.29, 1.82) is 0 Å². The molecule has 4 N–H and O–H groups in total. The first-order valence-electron chi connectivity index (χ1n) is 6.47. The molecule has 2 amide bonds. The Balaban J connectivity index is 0.00000147. The molecule has 1 aromatic heterocycles. The third kappa shape index (κ3) is 3.02. The lowest BCUT2D eigenvalue weighted by Gasteiger charge is -2.30. The summed E-state index contributed by atoms with van der Waals surface area (Å²) in [5.41, 5.74) is 7.62. The second kappa shape index (κ2) is 6.11. The number of nitrogens with one attached hydrogen (secondary N) is 2. The van der Waals surface area contributed by atoms with Crippen LogP contribution < -0.4 is 11.1 Å². The van der Waals surface area contributed by atoms with E-state index in [0.29, 0.717) is 6.54 Å². The van der Waals surface area contributed by atoms with Crippen LogP contribution >= 0.6 is 12.4 Å². The van der Waals surface area contributed by atoms with E-state index in [1.807, 2.05) is 18.2 Å². The van der Waals surface area contributed by atoms with E-state index in [4.69, 9.17) is 5.73 Å². The molecule has 0 radical (unpaired) electrons. The smallest absolute Gasteiger partial charge is 0.321 e. The van der Waals surface area contributed by atoms with Gasteiger partial charge in [0.25, 0.3) is 0 Å². The number of nitrogens with zero attached hydrogens (tertiary/aromatic N) is 2. The van der Waals surface area contributed by atoms with Crippen molar-refractivity contribution in [3.63, 3.8) is 0 Å². The number of hydrogen-bond acceptors (Lipinski definition) is 3. The molecule has 0 bridgehead atoms. The summed E-state index contributed by atoms with van der Waals surface area (Å²) >= 11 is 0. The Morgan fingerprint density at radius 1 is 1.50 bits per heavy atom. The van der Waals surface area contributed by atoms with Gasteiger partial charge in [0.1, 0.15) is 0 Å². The fourth-order valence-corrected chi connectivity index (χ4v) is 2.42. The number of carbonyl (C=O) groups is 1. The second-order valence-electron chi connectivity index (χ2n) is 4.95. The predicted molar refractivity (Wildman–Crippen MR) is 81.1 cm³/mol. The molecule has 20 heavy (non-hydrogen) atoms. The van der Waals surface area contributed by atoms with Crippen LogP contribution in [0.5, 0.6) is 0 Å². The lowest BCUT2D eigenvalue weighted by molar-refractivity contribution is 0.193. The molecule has 108 valence electrons.